The molecule has 1 aliphatic rings. The van der Waals surface area contributed by atoms with Crippen LogP contribution in [0.3, 0.4) is 0 Å². The molecule has 0 aliphatic carbocycles. The molecule has 0 saturated carbocycles. The molecule has 3 heterocycles. The number of thiazole rings is 1. The third kappa shape index (κ3) is 4.77. The Labute approximate surface area is 212 Å². The summed E-state index contributed by atoms with van der Waals surface area (Å²) in [6.45, 7) is 3.12. The molecule has 0 radical (unpaired) electrons. The van der Waals surface area contributed by atoms with Crippen molar-refractivity contribution in [2.45, 2.75) is 0 Å². The highest BCUT2D eigenvalue weighted by Gasteiger charge is 2.17. The Balaban J connectivity index is 1.35. The Bertz CT molecular complexity index is 1360. The van der Waals surface area contributed by atoms with Gasteiger partial charge in [-0.25, -0.2) is 9.97 Å². The van der Waals surface area contributed by atoms with Crippen LogP contribution >= 0.6 is 11.3 Å². The summed E-state index contributed by atoms with van der Waals surface area (Å²) in [4.78, 5) is 24.6. The highest BCUT2D eigenvalue weighted by molar-refractivity contribution is 7.21. The second kappa shape index (κ2) is 10.4. The molecule has 0 bridgehead atoms. The van der Waals surface area contributed by atoms with E-state index < -0.39 is 0 Å². The van der Waals surface area contributed by atoms with Crippen molar-refractivity contribution in [2.24, 2.45) is 0 Å². The van der Waals surface area contributed by atoms with Crippen LogP contribution < -0.4 is 24.4 Å². The fourth-order valence-corrected chi connectivity index (χ4v) is 5.03. The van der Waals surface area contributed by atoms with Crippen LogP contribution in [0.5, 0.6) is 17.2 Å². The molecule has 10 heteroatoms. The molecule has 4 aromatic rings. The number of methoxy groups -OCH3 is 3. The molecule has 1 N–H and O–H groups in total. The molecule has 0 atom stereocenters. The molecule has 186 valence electrons. The first-order valence-corrected chi connectivity index (χ1v) is 12.2. The molecule has 2 aromatic carbocycles. The van der Waals surface area contributed by atoms with E-state index in [9.17, 15) is 4.79 Å². The second-order valence-electron chi connectivity index (χ2n) is 8.07. The average Bonchev–Trinajstić information content (AvgIpc) is 3.36. The first-order valence-electron chi connectivity index (χ1n) is 11.4. The molecule has 1 fully saturated rings. The molecule has 5 rings (SSSR count). The standard InChI is InChI=1S/C26H26N4O5S/c1-32-20-13-18(14-21(33-2)24(20)34-3)28-25(31)16-4-6-19-22(12-16)36-26(29-19)17-5-7-23(27-15-17)30-8-10-35-11-9-30/h4-7,12-15H,8-11H2,1-3H3,(H,28,31). The minimum atomic E-state index is -0.252. The van der Waals surface area contributed by atoms with Gasteiger partial charge in [-0.15, -0.1) is 11.3 Å². The van der Waals surface area contributed by atoms with E-state index in [2.05, 4.69) is 15.2 Å². The zero-order chi connectivity index (χ0) is 25.1. The van der Waals surface area contributed by atoms with Crippen LogP contribution in [0.15, 0.2) is 48.7 Å². The Morgan fingerprint density at radius 2 is 1.75 bits per heavy atom. The van der Waals surface area contributed by atoms with Crippen LogP contribution in [0.25, 0.3) is 20.8 Å². The molecule has 1 aliphatic heterocycles. The number of rotatable bonds is 7. The maximum Gasteiger partial charge on any atom is 0.255 e. The van der Waals surface area contributed by atoms with Gasteiger partial charge in [0.25, 0.3) is 5.91 Å². The zero-order valence-electron chi connectivity index (χ0n) is 20.2. The number of carbonyl (C=O) groups is 1. The van der Waals surface area contributed by atoms with Crippen molar-refractivity contribution in [3.05, 3.63) is 54.2 Å². The topological polar surface area (TPSA) is 95.0 Å². The number of hydrogen-bond acceptors (Lipinski definition) is 9. The van der Waals surface area contributed by atoms with Crippen molar-refractivity contribution in [3.8, 4) is 27.8 Å². The summed E-state index contributed by atoms with van der Waals surface area (Å²) in [7, 11) is 4.60. The molecule has 1 amide bonds. The highest BCUT2D eigenvalue weighted by atomic mass is 32.1. The number of aromatic nitrogens is 2. The summed E-state index contributed by atoms with van der Waals surface area (Å²) in [5.74, 6) is 2.07. The molecule has 9 nitrogen and oxygen atoms in total. The van der Waals surface area contributed by atoms with E-state index in [1.54, 1.807) is 18.2 Å². The summed E-state index contributed by atoms with van der Waals surface area (Å²) < 4.78 is 22.4. The Hall–Kier alpha value is -3.89. The van der Waals surface area contributed by atoms with Crippen LogP contribution in [0.2, 0.25) is 0 Å². The van der Waals surface area contributed by atoms with Gasteiger partial charge in [0.05, 0.1) is 44.8 Å². The monoisotopic (exact) mass is 506 g/mol. The van der Waals surface area contributed by atoms with Crippen LogP contribution in [0.1, 0.15) is 10.4 Å². The Morgan fingerprint density at radius 3 is 2.39 bits per heavy atom. The number of morpholine rings is 1. The van der Waals surface area contributed by atoms with Gasteiger partial charge in [0.1, 0.15) is 10.8 Å². The van der Waals surface area contributed by atoms with Crippen LogP contribution in [-0.4, -0.2) is 63.5 Å². The minimum Gasteiger partial charge on any atom is -0.493 e. The van der Waals surface area contributed by atoms with E-state index in [1.165, 1.54) is 32.7 Å². The number of anilines is 2. The number of carbonyl (C=O) groups excluding carboxylic acids is 1. The van der Waals surface area contributed by atoms with Gasteiger partial charge in [-0.05, 0) is 30.3 Å². The van der Waals surface area contributed by atoms with Crippen molar-refractivity contribution in [1.82, 2.24) is 9.97 Å². The fraction of sp³-hybridized carbons (Fsp3) is 0.269. The van der Waals surface area contributed by atoms with Crippen LogP contribution in [-0.2, 0) is 4.74 Å². The molecular formula is C26H26N4O5S. The third-order valence-electron chi connectivity index (χ3n) is 5.90. The van der Waals surface area contributed by atoms with Gasteiger partial charge >= 0.3 is 0 Å². The summed E-state index contributed by atoms with van der Waals surface area (Å²) in [5.41, 5.74) is 2.83. The zero-order valence-corrected chi connectivity index (χ0v) is 21.1. The number of benzene rings is 2. The number of pyridine rings is 1. The van der Waals surface area contributed by atoms with Gasteiger partial charge in [0.15, 0.2) is 11.5 Å². The molecular weight excluding hydrogens is 480 g/mol. The lowest BCUT2D eigenvalue weighted by atomic mass is 10.2. The number of nitrogens with zero attached hydrogens (tertiary/aromatic N) is 3. The van der Waals surface area contributed by atoms with Crippen molar-refractivity contribution in [2.75, 3.05) is 57.8 Å². The number of fused-ring (bicyclic) bond motifs is 1. The maximum absolute atomic E-state index is 13.0. The lowest BCUT2D eigenvalue weighted by Gasteiger charge is -2.27. The Morgan fingerprint density at radius 1 is 1.00 bits per heavy atom. The summed E-state index contributed by atoms with van der Waals surface area (Å²) in [6, 6.07) is 12.9. The quantitative estimate of drug-likeness (QED) is 0.392. The molecule has 0 unspecified atom stereocenters. The van der Waals surface area contributed by atoms with E-state index in [4.69, 9.17) is 23.9 Å². The van der Waals surface area contributed by atoms with E-state index in [-0.39, 0.29) is 5.91 Å². The van der Waals surface area contributed by atoms with Crippen LogP contribution in [0, 0.1) is 0 Å². The van der Waals surface area contributed by atoms with E-state index in [0.29, 0.717) is 28.5 Å². The SMILES string of the molecule is COc1cc(NC(=O)c2ccc3nc(-c4ccc(N5CCOCC5)nc4)sc3c2)cc(OC)c1OC. The number of nitrogens with one attached hydrogen (secondary N) is 1. The average molecular weight is 507 g/mol. The minimum absolute atomic E-state index is 0.252. The van der Waals surface area contributed by atoms with Gasteiger partial charge in [0.2, 0.25) is 5.75 Å². The van der Waals surface area contributed by atoms with Gasteiger partial charge in [-0.2, -0.15) is 0 Å². The number of ether oxygens (including phenoxy) is 4. The molecule has 0 spiro atoms. The largest absolute Gasteiger partial charge is 0.493 e. The maximum atomic E-state index is 13.0. The predicted octanol–water partition coefficient (Wildman–Crippen LogP) is 4.47. The van der Waals surface area contributed by atoms with Gasteiger partial charge in [0, 0.05) is 48.2 Å². The van der Waals surface area contributed by atoms with Crippen molar-refractivity contribution in [1.29, 1.82) is 0 Å². The first kappa shape index (κ1) is 23.8. The molecule has 2 aromatic heterocycles. The molecule has 36 heavy (non-hydrogen) atoms. The summed E-state index contributed by atoms with van der Waals surface area (Å²) >= 11 is 1.53. The highest BCUT2D eigenvalue weighted by Crippen LogP contribution is 2.40. The third-order valence-corrected chi connectivity index (χ3v) is 6.97. The normalized spacial score (nSPS) is 13.5. The summed E-state index contributed by atoms with van der Waals surface area (Å²) in [6.07, 6.45) is 1.85. The van der Waals surface area contributed by atoms with Gasteiger partial charge in [-0.3, -0.25) is 4.79 Å². The Kier molecular flexibility index (Phi) is 6.88. The van der Waals surface area contributed by atoms with Crippen molar-refractivity contribution < 1.29 is 23.7 Å². The lowest BCUT2D eigenvalue weighted by molar-refractivity contribution is 0.102. The van der Waals surface area contributed by atoms with Crippen molar-refractivity contribution in [3.63, 3.8) is 0 Å². The van der Waals surface area contributed by atoms with Gasteiger partial charge in [-0.1, -0.05) is 0 Å². The predicted molar refractivity (Wildman–Crippen MR) is 140 cm³/mol. The van der Waals surface area contributed by atoms with Crippen LogP contribution in [0.4, 0.5) is 11.5 Å². The first-order chi connectivity index (χ1) is 17.6. The smallest absolute Gasteiger partial charge is 0.255 e. The molecule has 1 saturated heterocycles. The van der Waals surface area contributed by atoms with Gasteiger partial charge < -0.3 is 29.2 Å². The van der Waals surface area contributed by atoms with E-state index in [1.807, 2.05) is 30.5 Å². The van der Waals surface area contributed by atoms with Crippen molar-refractivity contribution >= 4 is 39.0 Å². The van der Waals surface area contributed by atoms with E-state index in [0.717, 1.165) is 52.9 Å². The number of amides is 1. The summed E-state index contributed by atoms with van der Waals surface area (Å²) in [5, 5.41) is 3.76. The fourth-order valence-electron chi connectivity index (χ4n) is 4.04. The lowest BCUT2D eigenvalue weighted by Crippen LogP contribution is -2.36. The number of hydrogen-bond donors (Lipinski definition) is 1. The van der Waals surface area contributed by atoms with E-state index >= 15 is 0 Å². The second-order valence-corrected chi connectivity index (χ2v) is 9.10.